The minimum absolute atomic E-state index is 0.128. The van der Waals surface area contributed by atoms with Gasteiger partial charge < -0.3 is 10.2 Å². The topological polar surface area (TPSA) is 57.5 Å². The molecule has 1 unspecified atom stereocenters. The number of halogens is 1. The molecule has 76 valence electrons. The molecule has 14 heavy (non-hydrogen) atoms. The van der Waals surface area contributed by atoms with Gasteiger partial charge in [0, 0.05) is 5.56 Å². The molecule has 0 aliphatic carbocycles. The quantitative estimate of drug-likeness (QED) is 0.781. The summed E-state index contributed by atoms with van der Waals surface area (Å²) in [7, 11) is 0. The molecule has 0 radical (unpaired) electrons. The average Bonchev–Trinajstić information content (AvgIpc) is 2.07. The van der Waals surface area contributed by atoms with E-state index < -0.39 is 12.1 Å². The number of benzene rings is 1. The Balaban J connectivity index is 3.00. The predicted molar refractivity (Wildman–Crippen MR) is 49.0 cm³/mol. The van der Waals surface area contributed by atoms with E-state index in [1.165, 1.54) is 25.1 Å². The highest BCUT2D eigenvalue weighted by Crippen LogP contribution is 2.27. The molecule has 0 amide bonds. The van der Waals surface area contributed by atoms with Crippen LogP contribution in [0.4, 0.5) is 4.39 Å². The zero-order chi connectivity index (χ0) is 10.7. The summed E-state index contributed by atoms with van der Waals surface area (Å²) in [5.74, 6) is -1.12. The Morgan fingerprint density at radius 1 is 1.57 bits per heavy atom. The minimum Gasteiger partial charge on any atom is -0.508 e. The summed E-state index contributed by atoms with van der Waals surface area (Å²) in [6.07, 6.45) is -1.47. The van der Waals surface area contributed by atoms with E-state index in [4.69, 9.17) is 5.11 Å². The number of carboxylic acid groups (broad SMARTS) is 1. The third-order valence-corrected chi connectivity index (χ3v) is 1.88. The Morgan fingerprint density at radius 3 is 2.71 bits per heavy atom. The van der Waals surface area contributed by atoms with Crippen LogP contribution in [0.3, 0.4) is 0 Å². The van der Waals surface area contributed by atoms with Gasteiger partial charge in [-0.15, -0.1) is 0 Å². The Hall–Kier alpha value is -1.58. The first-order valence-corrected chi connectivity index (χ1v) is 4.18. The summed E-state index contributed by atoms with van der Waals surface area (Å²) in [5, 5.41) is 17.8. The second-order valence-electron chi connectivity index (χ2n) is 3.08. The van der Waals surface area contributed by atoms with Crippen LogP contribution in [-0.4, -0.2) is 16.2 Å². The van der Waals surface area contributed by atoms with E-state index in [2.05, 4.69) is 0 Å². The van der Waals surface area contributed by atoms with Crippen molar-refractivity contribution in [1.29, 1.82) is 0 Å². The SMILES string of the molecule is CC(F)c1cc(CC(=O)O)ccc1O. The fraction of sp³-hybridized carbons (Fsp3) is 0.300. The summed E-state index contributed by atoms with van der Waals surface area (Å²) in [5.41, 5.74) is 0.610. The van der Waals surface area contributed by atoms with Crippen LogP contribution in [0.5, 0.6) is 5.75 Å². The van der Waals surface area contributed by atoms with Crippen molar-refractivity contribution in [3.63, 3.8) is 0 Å². The van der Waals surface area contributed by atoms with Crippen molar-refractivity contribution in [2.24, 2.45) is 0 Å². The number of hydrogen-bond acceptors (Lipinski definition) is 2. The zero-order valence-electron chi connectivity index (χ0n) is 7.70. The molecule has 0 saturated carbocycles. The van der Waals surface area contributed by atoms with Gasteiger partial charge in [-0.2, -0.15) is 0 Å². The maximum absolute atomic E-state index is 12.9. The van der Waals surface area contributed by atoms with Gasteiger partial charge in [-0.25, -0.2) is 4.39 Å². The van der Waals surface area contributed by atoms with Crippen molar-refractivity contribution in [3.05, 3.63) is 29.3 Å². The summed E-state index contributed by atoms with van der Waals surface area (Å²) in [6, 6.07) is 4.15. The Morgan fingerprint density at radius 2 is 2.21 bits per heavy atom. The maximum atomic E-state index is 12.9. The van der Waals surface area contributed by atoms with Crippen LogP contribution in [0.1, 0.15) is 24.2 Å². The van der Waals surface area contributed by atoms with Crippen molar-refractivity contribution >= 4 is 5.97 Å². The number of carboxylic acids is 1. The molecule has 0 aliphatic heterocycles. The minimum atomic E-state index is -1.30. The number of aromatic hydroxyl groups is 1. The Labute approximate surface area is 80.8 Å². The molecule has 4 heteroatoms. The van der Waals surface area contributed by atoms with Crippen molar-refractivity contribution in [1.82, 2.24) is 0 Å². The standard InChI is InChI=1S/C10H11FO3/c1-6(11)8-4-7(5-10(13)14)2-3-9(8)12/h2-4,6,12H,5H2,1H3,(H,13,14). The number of hydrogen-bond donors (Lipinski definition) is 2. The molecular weight excluding hydrogens is 187 g/mol. The molecule has 0 heterocycles. The van der Waals surface area contributed by atoms with Crippen LogP contribution < -0.4 is 0 Å². The average molecular weight is 198 g/mol. The van der Waals surface area contributed by atoms with Crippen LogP contribution in [0.15, 0.2) is 18.2 Å². The molecular formula is C10H11FO3. The normalized spacial score (nSPS) is 12.4. The van der Waals surface area contributed by atoms with Crippen LogP contribution in [0.25, 0.3) is 0 Å². The van der Waals surface area contributed by atoms with Gasteiger partial charge in [0.15, 0.2) is 0 Å². The first kappa shape index (κ1) is 10.5. The van der Waals surface area contributed by atoms with Crippen LogP contribution in [0.2, 0.25) is 0 Å². The van der Waals surface area contributed by atoms with E-state index >= 15 is 0 Å². The fourth-order valence-corrected chi connectivity index (χ4v) is 1.21. The van der Waals surface area contributed by atoms with E-state index in [1.54, 1.807) is 0 Å². The van der Waals surface area contributed by atoms with E-state index in [9.17, 15) is 14.3 Å². The first-order valence-electron chi connectivity index (χ1n) is 4.18. The number of carbonyl (C=O) groups is 1. The number of aliphatic carboxylic acids is 1. The second kappa shape index (κ2) is 4.09. The molecule has 0 bridgehead atoms. The third-order valence-electron chi connectivity index (χ3n) is 1.88. The van der Waals surface area contributed by atoms with Gasteiger partial charge in [-0.3, -0.25) is 4.79 Å². The van der Waals surface area contributed by atoms with Crippen molar-refractivity contribution in [2.75, 3.05) is 0 Å². The smallest absolute Gasteiger partial charge is 0.307 e. The van der Waals surface area contributed by atoms with Crippen molar-refractivity contribution < 1.29 is 19.4 Å². The molecule has 1 aromatic rings. The number of phenols is 1. The summed E-state index contributed by atoms with van der Waals surface area (Å²) in [4.78, 5) is 10.4. The maximum Gasteiger partial charge on any atom is 0.307 e. The highest BCUT2D eigenvalue weighted by atomic mass is 19.1. The molecule has 0 fully saturated rings. The molecule has 3 nitrogen and oxygen atoms in total. The lowest BCUT2D eigenvalue weighted by atomic mass is 10.0. The summed E-state index contributed by atoms with van der Waals surface area (Å²) >= 11 is 0. The van der Waals surface area contributed by atoms with Crippen molar-refractivity contribution in [3.8, 4) is 5.75 Å². The van der Waals surface area contributed by atoms with Crippen LogP contribution in [0, 0.1) is 0 Å². The Bertz CT molecular complexity index is 347. The van der Waals surface area contributed by atoms with Gasteiger partial charge in [0.2, 0.25) is 0 Å². The highest BCUT2D eigenvalue weighted by Gasteiger charge is 2.10. The van der Waals surface area contributed by atoms with E-state index in [0.29, 0.717) is 5.56 Å². The molecule has 1 atom stereocenters. The number of phenolic OH excluding ortho intramolecular Hbond substituents is 1. The van der Waals surface area contributed by atoms with Gasteiger partial charge in [0.05, 0.1) is 6.42 Å². The van der Waals surface area contributed by atoms with E-state index in [1.807, 2.05) is 0 Å². The van der Waals surface area contributed by atoms with Crippen LogP contribution >= 0.6 is 0 Å². The largest absolute Gasteiger partial charge is 0.508 e. The lowest BCUT2D eigenvalue weighted by molar-refractivity contribution is -0.136. The van der Waals surface area contributed by atoms with Gasteiger partial charge in [-0.05, 0) is 24.6 Å². The second-order valence-corrected chi connectivity index (χ2v) is 3.08. The zero-order valence-corrected chi connectivity index (χ0v) is 7.70. The summed E-state index contributed by atoms with van der Waals surface area (Å²) in [6.45, 7) is 1.29. The summed E-state index contributed by atoms with van der Waals surface area (Å²) < 4.78 is 12.9. The Kier molecular flexibility index (Phi) is 3.06. The fourth-order valence-electron chi connectivity index (χ4n) is 1.21. The monoisotopic (exact) mass is 198 g/mol. The first-order chi connectivity index (χ1) is 6.50. The highest BCUT2D eigenvalue weighted by molar-refractivity contribution is 5.70. The van der Waals surface area contributed by atoms with Crippen LogP contribution in [-0.2, 0) is 11.2 Å². The molecule has 0 saturated heterocycles. The number of rotatable bonds is 3. The van der Waals surface area contributed by atoms with Gasteiger partial charge in [-0.1, -0.05) is 6.07 Å². The van der Waals surface area contributed by atoms with E-state index in [0.717, 1.165) is 0 Å². The molecule has 0 aliphatic rings. The van der Waals surface area contributed by atoms with Gasteiger partial charge in [0.1, 0.15) is 11.9 Å². The molecule has 0 aromatic heterocycles. The number of alkyl halides is 1. The lowest BCUT2D eigenvalue weighted by Crippen LogP contribution is -2.00. The van der Waals surface area contributed by atoms with Crippen molar-refractivity contribution in [2.45, 2.75) is 19.5 Å². The predicted octanol–water partition coefficient (Wildman–Crippen LogP) is 2.05. The molecule has 2 N–H and O–H groups in total. The lowest BCUT2D eigenvalue weighted by Gasteiger charge is -2.07. The molecule has 0 spiro atoms. The van der Waals surface area contributed by atoms with Gasteiger partial charge in [0.25, 0.3) is 0 Å². The molecule has 1 aromatic carbocycles. The third kappa shape index (κ3) is 2.45. The van der Waals surface area contributed by atoms with Gasteiger partial charge >= 0.3 is 5.97 Å². The van der Waals surface area contributed by atoms with E-state index in [-0.39, 0.29) is 17.7 Å². The molecule has 1 rings (SSSR count).